The van der Waals surface area contributed by atoms with Crippen molar-refractivity contribution in [1.82, 2.24) is 4.90 Å². The summed E-state index contributed by atoms with van der Waals surface area (Å²) in [5, 5.41) is -0.555. The Morgan fingerprint density at radius 1 is 1.56 bits per heavy atom. The molecule has 0 saturated carbocycles. The van der Waals surface area contributed by atoms with Gasteiger partial charge >= 0.3 is 5.37 Å². The molecule has 2 nitrogen and oxygen atoms in total. The molecule has 0 aromatic carbocycles. The lowest BCUT2D eigenvalue weighted by atomic mass is 11.0. The summed E-state index contributed by atoms with van der Waals surface area (Å²) in [6, 6.07) is 0. The lowest BCUT2D eigenvalue weighted by Gasteiger charge is -2.23. The van der Waals surface area contributed by atoms with E-state index in [1.165, 1.54) is 11.9 Å². The SMILES string of the molecule is CN(C(=O)Cl)C(Br)(Br)Br. The van der Waals surface area contributed by atoms with Crippen LogP contribution in [0.1, 0.15) is 0 Å². The highest BCUT2D eigenvalue weighted by Crippen LogP contribution is 2.36. The maximum Gasteiger partial charge on any atom is 0.318 e. The van der Waals surface area contributed by atoms with Crippen LogP contribution in [-0.2, 0) is 0 Å². The highest BCUT2D eigenvalue weighted by Gasteiger charge is 2.26. The predicted octanol–water partition coefficient (Wildman–Crippen LogP) is 3.07. The Kier molecular flexibility index (Phi) is 4.02. The molecule has 0 rings (SSSR count). The number of hydrogen-bond acceptors (Lipinski definition) is 1. The molecule has 0 heterocycles. The molecule has 0 N–H and O–H groups in total. The van der Waals surface area contributed by atoms with Crippen molar-refractivity contribution in [1.29, 1.82) is 0 Å². The van der Waals surface area contributed by atoms with Gasteiger partial charge in [-0.25, -0.2) is 0 Å². The maximum atomic E-state index is 10.4. The first-order valence-electron chi connectivity index (χ1n) is 1.85. The number of halogens is 4. The Hall–Kier alpha value is 1.20. The van der Waals surface area contributed by atoms with E-state index in [0.717, 1.165) is 0 Å². The zero-order valence-electron chi connectivity index (χ0n) is 4.37. The van der Waals surface area contributed by atoms with Gasteiger partial charge in [-0.15, -0.1) is 0 Å². The first-order chi connectivity index (χ1) is 3.85. The first-order valence-corrected chi connectivity index (χ1v) is 4.61. The largest absolute Gasteiger partial charge is 0.318 e. The lowest BCUT2D eigenvalue weighted by Crippen LogP contribution is -2.31. The molecule has 54 valence electrons. The van der Waals surface area contributed by atoms with E-state index in [0.29, 0.717) is 0 Å². The van der Waals surface area contributed by atoms with E-state index >= 15 is 0 Å². The van der Waals surface area contributed by atoms with Gasteiger partial charge in [-0.1, -0.05) is 0 Å². The summed E-state index contributed by atoms with van der Waals surface area (Å²) < 4.78 is -0.730. The van der Waals surface area contributed by atoms with Crippen LogP contribution in [0.2, 0.25) is 0 Å². The molecule has 0 spiro atoms. The minimum absolute atomic E-state index is 0.555. The van der Waals surface area contributed by atoms with Crippen molar-refractivity contribution in [3.05, 3.63) is 0 Å². The summed E-state index contributed by atoms with van der Waals surface area (Å²) in [5.41, 5.74) is 0. The molecule has 1 amide bonds. The summed E-state index contributed by atoms with van der Waals surface area (Å²) >= 11 is 14.4. The third kappa shape index (κ3) is 3.80. The van der Waals surface area contributed by atoms with Crippen LogP contribution in [0.4, 0.5) is 4.79 Å². The Balaban J connectivity index is 4.04. The van der Waals surface area contributed by atoms with E-state index < -0.39 is 7.63 Å². The first kappa shape index (κ1) is 10.2. The number of carbonyl (C=O) groups is 1. The van der Waals surface area contributed by atoms with Crippen LogP contribution in [0.25, 0.3) is 0 Å². The minimum atomic E-state index is -0.730. The molecule has 0 saturated heterocycles. The van der Waals surface area contributed by atoms with Crippen molar-refractivity contribution in [2.75, 3.05) is 7.05 Å². The minimum Gasteiger partial charge on any atom is -0.299 e. The summed E-state index contributed by atoms with van der Waals surface area (Å²) in [4.78, 5) is 11.6. The quantitative estimate of drug-likeness (QED) is 0.376. The average molecular weight is 344 g/mol. The molecule has 0 fully saturated rings. The summed E-state index contributed by atoms with van der Waals surface area (Å²) in [6.45, 7) is 0. The van der Waals surface area contributed by atoms with Gasteiger partial charge in [-0.3, -0.25) is 9.69 Å². The topological polar surface area (TPSA) is 20.3 Å². The van der Waals surface area contributed by atoms with Crippen LogP contribution in [0.5, 0.6) is 0 Å². The highest BCUT2D eigenvalue weighted by molar-refractivity contribution is 9.39. The van der Waals surface area contributed by atoms with Gasteiger partial charge in [-0.05, 0) is 59.4 Å². The van der Waals surface area contributed by atoms with E-state index in [2.05, 4.69) is 47.8 Å². The number of alkyl halides is 3. The number of hydrogen-bond donors (Lipinski definition) is 0. The van der Waals surface area contributed by atoms with E-state index in [4.69, 9.17) is 11.6 Å². The van der Waals surface area contributed by atoms with Gasteiger partial charge in [0.2, 0.25) is 2.27 Å². The Bertz CT molecular complexity index is 123. The van der Waals surface area contributed by atoms with Gasteiger partial charge in [0.05, 0.1) is 0 Å². The van der Waals surface area contributed by atoms with Crippen LogP contribution in [0.3, 0.4) is 0 Å². The van der Waals surface area contributed by atoms with Gasteiger partial charge < -0.3 is 0 Å². The number of rotatable bonds is 0. The molecule has 0 bridgehead atoms. The smallest absolute Gasteiger partial charge is 0.299 e. The molecule has 0 aromatic heterocycles. The van der Waals surface area contributed by atoms with Crippen molar-refractivity contribution in [2.24, 2.45) is 0 Å². The van der Waals surface area contributed by atoms with Gasteiger partial charge in [0, 0.05) is 7.05 Å². The predicted molar refractivity (Wildman–Crippen MR) is 48.5 cm³/mol. The molecule has 0 aliphatic rings. The number of amides is 1. The third-order valence-electron chi connectivity index (χ3n) is 0.644. The normalized spacial score (nSPS) is 11.2. The Labute approximate surface area is 83.3 Å². The van der Waals surface area contributed by atoms with Crippen molar-refractivity contribution < 1.29 is 4.79 Å². The molecule has 6 heteroatoms. The fraction of sp³-hybridized carbons (Fsp3) is 0.667. The second-order valence-corrected chi connectivity index (χ2v) is 8.24. The van der Waals surface area contributed by atoms with Gasteiger partial charge in [-0.2, -0.15) is 0 Å². The maximum absolute atomic E-state index is 10.4. The fourth-order valence-electron chi connectivity index (χ4n) is 0.0997. The third-order valence-corrected chi connectivity index (χ3v) is 2.49. The van der Waals surface area contributed by atoms with Gasteiger partial charge in [0.15, 0.2) is 0 Å². The van der Waals surface area contributed by atoms with Crippen molar-refractivity contribution in [3.8, 4) is 0 Å². The van der Waals surface area contributed by atoms with E-state index in [1.807, 2.05) is 0 Å². The molecule has 0 aliphatic heterocycles. The van der Waals surface area contributed by atoms with Crippen LogP contribution in [-0.4, -0.2) is 19.6 Å². The van der Waals surface area contributed by atoms with Gasteiger partial charge in [0.25, 0.3) is 0 Å². The van der Waals surface area contributed by atoms with Crippen molar-refractivity contribution >= 4 is 64.8 Å². The molecule has 0 unspecified atom stereocenters. The van der Waals surface area contributed by atoms with Crippen molar-refractivity contribution in [3.63, 3.8) is 0 Å². The zero-order valence-corrected chi connectivity index (χ0v) is 9.88. The molecule has 0 aromatic rings. The fourth-order valence-corrected chi connectivity index (χ4v) is 1.02. The molecule has 9 heavy (non-hydrogen) atoms. The highest BCUT2D eigenvalue weighted by atomic mass is 80.0. The van der Waals surface area contributed by atoms with E-state index in [9.17, 15) is 4.79 Å². The molecule has 0 aliphatic carbocycles. The van der Waals surface area contributed by atoms with Crippen LogP contribution in [0.15, 0.2) is 0 Å². The Morgan fingerprint density at radius 2 is 1.89 bits per heavy atom. The summed E-state index contributed by atoms with van der Waals surface area (Å²) in [7, 11) is 1.54. The zero-order chi connectivity index (χ0) is 7.65. The summed E-state index contributed by atoms with van der Waals surface area (Å²) in [6.07, 6.45) is 0. The van der Waals surface area contributed by atoms with E-state index in [-0.39, 0.29) is 0 Å². The van der Waals surface area contributed by atoms with Crippen molar-refractivity contribution in [2.45, 2.75) is 2.27 Å². The molecular formula is C3H3Br3ClNO. The molecule has 0 atom stereocenters. The second kappa shape index (κ2) is 3.55. The van der Waals surface area contributed by atoms with Gasteiger partial charge in [0.1, 0.15) is 0 Å². The van der Waals surface area contributed by atoms with Crippen LogP contribution < -0.4 is 0 Å². The standard InChI is InChI=1S/C3H3Br3ClNO/c1-8(2(7)9)3(4,5)6/h1H3. The number of nitrogens with zero attached hydrogens (tertiary/aromatic N) is 1. The van der Waals surface area contributed by atoms with Crippen LogP contribution in [0, 0.1) is 0 Å². The number of carbonyl (C=O) groups excluding carboxylic acids is 1. The second-order valence-electron chi connectivity index (χ2n) is 1.28. The van der Waals surface area contributed by atoms with E-state index in [1.54, 1.807) is 0 Å². The molecular weight excluding hydrogens is 341 g/mol. The lowest BCUT2D eigenvalue weighted by molar-refractivity contribution is 0.235. The molecule has 0 radical (unpaired) electrons. The van der Waals surface area contributed by atoms with Crippen LogP contribution >= 0.6 is 59.4 Å². The summed E-state index contributed by atoms with van der Waals surface area (Å²) in [5.74, 6) is 0. The average Bonchev–Trinajstić information content (AvgIpc) is 1.62. The Morgan fingerprint density at radius 3 is 1.89 bits per heavy atom. The monoisotopic (exact) mass is 341 g/mol.